The summed E-state index contributed by atoms with van der Waals surface area (Å²) in [6, 6.07) is 7.45. The Morgan fingerprint density at radius 3 is 2.71 bits per heavy atom. The standard InChI is InChI=1S/C17H23NO3/c1-13(2)6-5-11-21-17(20)10-9-16(19)18-15-8-4-7-14(3)12-15/h4,7-10,12-13H,5-6,11H2,1-3H3,(H,18,19)/b10-9+. The third-order valence-corrected chi connectivity index (χ3v) is 2.83. The lowest BCUT2D eigenvalue weighted by atomic mass is 10.1. The molecule has 1 N–H and O–H groups in total. The molecule has 1 rings (SSSR count). The van der Waals surface area contributed by atoms with Gasteiger partial charge in [0.25, 0.3) is 0 Å². The quantitative estimate of drug-likeness (QED) is 0.475. The topological polar surface area (TPSA) is 55.4 Å². The highest BCUT2D eigenvalue weighted by Crippen LogP contribution is 2.09. The molecule has 1 aromatic rings. The second-order valence-corrected chi connectivity index (χ2v) is 5.40. The molecule has 21 heavy (non-hydrogen) atoms. The summed E-state index contributed by atoms with van der Waals surface area (Å²) in [6.45, 7) is 6.58. The van der Waals surface area contributed by atoms with Crippen molar-refractivity contribution in [2.45, 2.75) is 33.6 Å². The van der Waals surface area contributed by atoms with Crippen LogP contribution in [0.15, 0.2) is 36.4 Å². The fraction of sp³-hybridized carbons (Fsp3) is 0.412. The number of hydrogen-bond acceptors (Lipinski definition) is 3. The molecule has 0 spiro atoms. The molecule has 0 saturated carbocycles. The van der Waals surface area contributed by atoms with Crippen molar-refractivity contribution in [2.24, 2.45) is 5.92 Å². The number of hydrogen-bond donors (Lipinski definition) is 1. The molecular weight excluding hydrogens is 266 g/mol. The highest BCUT2D eigenvalue weighted by atomic mass is 16.5. The lowest BCUT2D eigenvalue weighted by Gasteiger charge is -2.04. The van der Waals surface area contributed by atoms with Gasteiger partial charge in [0, 0.05) is 17.8 Å². The molecule has 0 saturated heterocycles. The van der Waals surface area contributed by atoms with Crippen LogP contribution in [0.5, 0.6) is 0 Å². The van der Waals surface area contributed by atoms with Crippen LogP contribution < -0.4 is 5.32 Å². The molecule has 0 aromatic heterocycles. The second kappa shape index (κ2) is 8.95. The van der Waals surface area contributed by atoms with E-state index in [0.717, 1.165) is 24.5 Å². The number of esters is 1. The zero-order valence-electron chi connectivity index (χ0n) is 12.9. The Morgan fingerprint density at radius 1 is 1.29 bits per heavy atom. The summed E-state index contributed by atoms with van der Waals surface area (Å²) in [5, 5.41) is 2.69. The average Bonchev–Trinajstić information content (AvgIpc) is 2.41. The third kappa shape index (κ3) is 7.92. The number of nitrogens with one attached hydrogen (secondary N) is 1. The summed E-state index contributed by atoms with van der Waals surface area (Å²) in [5.74, 6) is -0.239. The van der Waals surface area contributed by atoms with Crippen molar-refractivity contribution in [3.8, 4) is 0 Å². The van der Waals surface area contributed by atoms with Crippen LogP contribution >= 0.6 is 0 Å². The first-order chi connectivity index (χ1) is 9.97. The van der Waals surface area contributed by atoms with Crippen LogP contribution in [0, 0.1) is 12.8 Å². The number of carbonyl (C=O) groups excluding carboxylic acids is 2. The molecule has 4 nitrogen and oxygen atoms in total. The van der Waals surface area contributed by atoms with Crippen LogP contribution in [-0.2, 0) is 14.3 Å². The summed E-state index contributed by atoms with van der Waals surface area (Å²) in [7, 11) is 0. The zero-order chi connectivity index (χ0) is 15.7. The molecule has 0 unspecified atom stereocenters. The average molecular weight is 289 g/mol. The van der Waals surface area contributed by atoms with Crippen molar-refractivity contribution < 1.29 is 14.3 Å². The van der Waals surface area contributed by atoms with Crippen LogP contribution in [0.1, 0.15) is 32.3 Å². The molecule has 1 amide bonds. The number of rotatable bonds is 7. The number of ether oxygens (including phenoxy) is 1. The van der Waals surface area contributed by atoms with Gasteiger partial charge in [0.05, 0.1) is 6.61 Å². The van der Waals surface area contributed by atoms with Gasteiger partial charge in [0.15, 0.2) is 0 Å². The Bertz CT molecular complexity index is 507. The minimum absolute atomic E-state index is 0.347. The number of anilines is 1. The smallest absolute Gasteiger partial charge is 0.330 e. The van der Waals surface area contributed by atoms with Gasteiger partial charge in [-0.15, -0.1) is 0 Å². The van der Waals surface area contributed by atoms with Crippen LogP contribution in [0.2, 0.25) is 0 Å². The van der Waals surface area contributed by atoms with Gasteiger partial charge in [-0.1, -0.05) is 26.0 Å². The Morgan fingerprint density at radius 2 is 2.05 bits per heavy atom. The summed E-state index contributed by atoms with van der Waals surface area (Å²) < 4.78 is 5.01. The zero-order valence-corrected chi connectivity index (χ0v) is 12.9. The van der Waals surface area contributed by atoms with Crippen molar-refractivity contribution in [3.63, 3.8) is 0 Å². The van der Waals surface area contributed by atoms with Crippen LogP contribution in [-0.4, -0.2) is 18.5 Å². The maximum absolute atomic E-state index is 11.6. The number of carbonyl (C=O) groups is 2. The van der Waals surface area contributed by atoms with Crippen molar-refractivity contribution >= 4 is 17.6 Å². The van der Waals surface area contributed by atoms with Gasteiger partial charge in [0.1, 0.15) is 0 Å². The SMILES string of the molecule is Cc1cccc(NC(=O)/C=C/C(=O)OCCCC(C)C)c1. The van der Waals surface area contributed by atoms with Crippen molar-refractivity contribution in [1.82, 2.24) is 0 Å². The minimum Gasteiger partial charge on any atom is -0.463 e. The predicted octanol–water partition coefficient (Wildman–Crippen LogP) is 3.47. The second-order valence-electron chi connectivity index (χ2n) is 5.40. The van der Waals surface area contributed by atoms with Gasteiger partial charge < -0.3 is 10.1 Å². The van der Waals surface area contributed by atoms with Crippen LogP contribution in [0.25, 0.3) is 0 Å². The van der Waals surface area contributed by atoms with E-state index in [2.05, 4.69) is 19.2 Å². The lowest BCUT2D eigenvalue weighted by molar-refractivity contribution is -0.138. The van der Waals surface area contributed by atoms with Crippen molar-refractivity contribution in [3.05, 3.63) is 42.0 Å². The highest BCUT2D eigenvalue weighted by Gasteiger charge is 2.01. The molecule has 0 atom stereocenters. The lowest BCUT2D eigenvalue weighted by Crippen LogP contribution is -2.10. The Labute approximate surface area is 126 Å². The van der Waals surface area contributed by atoms with E-state index in [0.29, 0.717) is 18.2 Å². The highest BCUT2D eigenvalue weighted by molar-refractivity contribution is 6.02. The molecule has 0 aliphatic rings. The first kappa shape index (κ1) is 17.0. The first-order valence-corrected chi connectivity index (χ1v) is 7.20. The monoisotopic (exact) mass is 289 g/mol. The largest absolute Gasteiger partial charge is 0.463 e. The van der Waals surface area contributed by atoms with E-state index in [1.54, 1.807) is 6.07 Å². The maximum atomic E-state index is 11.6. The van der Waals surface area contributed by atoms with Gasteiger partial charge in [-0.25, -0.2) is 4.79 Å². The fourth-order valence-electron chi connectivity index (χ4n) is 1.76. The molecule has 114 valence electrons. The van der Waals surface area contributed by atoms with Gasteiger partial charge in [-0.05, 0) is 43.4 Å². The minimum atomic E-state index is -0.488. The van der Waals surface area contributed by atoms with Gasteiger partial charge >= 0.3 is 5.97 Å². The van der Waals surface area contributed by atoms with E-state index in [-0.39, 0.29) is 5.91 Å². The normalized spacial score (nSPS) is 10.9. The van der Waals surface area contributed by atoms with E-state index < -0.39 is 5.97 Å². The van der Waals surface area contributed by atoms with E-state index in [9.17, 15) is 9.59 Å². The van der Waals surface area contributed by atoms with Gasteiger partial charge in [-0.2, -0.15) is 0 Å². The number of amides is 1. The molecule has 0 aliphatic heterocycles. The molecule has 4 heteroatoms. The fourth-order valence-corrected chi connectivity index (χ4v) is 1.76. The molecule has 0 heterocycles. The van der Waals surface area contributed by atoms with Crippen LogP contribution in [0.4, 0.5) is 5.69 Å². The predicted molar refractivity (Wildman–Crippen MR) is 84.0 cm³/mol. The van der Waals surface area contributed by atoms with E-state index in [4.69, 9.17) is 4.74 Å². The first-order valence-electron chi connectivity index (χ1n) is 7.20. The molecular formula is C17H23NO3. The van der Waals surface area contributed by atoms with Crippen LogP contribution in [0.3, 0.4) is 0 Å². The van der Waals surface area contributed by atoms with E-state index >= 15 is 0 Å². The third-order valence-electron chi connectivity index (χ3n) is 2.83. The molecule has 0 fully saturated rings. The number of benzene rings is 1. The summed E-state index contributed by atoms with van der Waals surface area (Å²) in [6.07, 6.45) is 4.20. The summed E-state index contributed by atoms with van der Waals surface area (Å²) in [5.41, 5.74) is 1.76. The van der Waals surface area contributed by atoms with Crippen molar-refractivity contribution in [2.75, 3.05) is 11.9 Å². The molecule has 0 bridgehead atoms. The number of aryl methyl sites for hydroxylation is 1. The molecule has 1 aromatic carbocycles. The maximum Gasteiger partial charge on any atom is 0.330 e. The molecule has 0 aliphatic carbocycles. The summed E-state index contributed by atoms with van der Waals surface area (Å²) in [4.78, 5) is 23.1. The van der Waals surface area contributed by atoms with E-state index in [1.165, 1.54) is 6.08 Å². The summed E-state index contributed by atoms with van der Waals surface area (Å²) >= 11 is 0. The van der Waals surface area contributed by atoms with E-state index in [1.807, 2.05) is 25.1 Å². The van der Waals surface area contributed by atoms with Gasteiger partial charge in [-0.3, -0.25) is 4.79 Å². The van der Waals surface area contributed by atoms with Gasteiger partial charge in [0.2, 0.25) is 5.91 Å². The Balaban J connectivity index is 2.31. The Hall–Kier alpha value is -2.10. The molecule has 0 radical (unpaired) electrons. The van der Waals surface area contributed by atoms with Crippen molar-refractivity contribution in [1.29, 1.82) is 0 Å². The Kier molecular flexibility index (Phi) is 7.23.